The molecule has 2 aromatic rings. The molecule has 0 radical (unpaired) electrons. The minimum atomic E-state index is -0.272. The second-order valence-electron chi connectivity index (χ2n) is 5.75. The summed E-state index contributed by atoms with van der Waals surface area (Å²) in [6.45, 7) is 8.17. The minimum Gasteiger partial charge on any atom is -0.483 e. The lowest BCUT2D eigenvalue weighted by molar-refractivity contribution is -0.123. The van der Waals surface area contributed by atoms with Crippen molar-refractivity contribution in [1.82, 2.24) is 5.43 Å². The van der Waals surface area contributed by atoms with E-state index in [0.717, 1.165) is 27.3 Å². The van der Waals surface area contributed by atoms with Crippen LogP contribution in [0.25, 0.3) is 0 Å². The Morgan fingerprint density at radius 3 is 2.78 bits per heavy atom. The van der Waals surface area contributed by atoms with Crippen molar-refractivity contribution in [2.75, 3.05) is 6.61 Å². The molecule has 1 amide bonds. The predicted molar refractivity (Wildman–Crippen MR) is 95.6 cm³/mol. The zero-order valence-corrected chi connectivity index (χ0v) is 14.7. The summed E-state index contributed by atoms with van der Waals surface area (Å²) in [6.07, 6.45) is 1.66. The predicted octanol–water partition coefficient (Wildman–Crippen LogP) is 4.02. The van der Waals surface area contributed by atoms with E-state index < -0.39 is 0 Å². The average molecular weight is 330 g/mol. The maximum atomic E-state index is 11.8. The molecule has 0 saturated heterocycles. The van der Waals surface area contributed by atoms with Gasteiger partial charge in [-0.25, -0.2) is 5.43 Å². The van der Waals surface area contributed by atoms with Crippen LogP contribution < -0.4 is 10.2 Å². The molecule has 2 rings (SSSR count). The number of rotatable bonds is 6. The third kappa shape index (κ3) is 4.93. The Kier molecular flexibility index (Phi) is 5.93. The third-order valence-electron chi connectivity index (χ3n) is 3.42. The summed E-state index contributed by atoms with van der Waals surface area (Å²) >= 11 is 1.59. The number of aryl methyl sites for hydroxylation is 2. The molecule has 0 aliphatic rings. The Balaban J connectivity index is 1.91. The van der Waals surface area contributed by atoms with Crippen LogP contribution in [0.2, 0.25) is 0 Å². The van der Waals surface area contributed by atoms with E-state index in [4.69, 9.17) is 4.74 Å². The van der Waals surface area contributed by atoms with Gasteiger partial charge in [0.1, 0.15) is 5.75 Å². The van der Waals surface area contributed by atoms with E-state index in [1.54, 1.807) is 17.6 Å². The Bertz CT molecular complexity index is 705. The molecule has 0 atom stereocenters. The van der Waals surface area contributed by atoms with Crippen LogP contribution in [0.5, 0.6) is 5.75 Å². The van der Waals surface area contributed by atoms with Gasteiger partial charge in [0.15, 0.2) is 6.61 Å². The van der Waals surface area contributed by atoms with Crippen molar-refractivity contribution < 1.29 is 9.53 Å². The fraction of sp³-hybridized carbons (Fsp3) is 0.333. The summed E-state index contributed by atoms with van der Waals surface area (Å²) < 4.78 is 5.67. The molecule has 0 bridgehead atoms. The number of carbonyl (C=O) groups excluding carboxylic acids is 1. The molecule has 5 heteroatoms. The van der Waals surface area contributed by atoms with Crippen LogP contribution in [0.1, 0.15) is 41.3 Å². The molecule has 0 unspecified atom stereocenters. The van der Waals surface area contributed by atoms with Crippen molar-refractivity contribution in [2.45, 2.75) is 33.6 Å². The van der Waals surface area contributed by atoms with Crippen LogP contribution in [-0.4, -0.2) is 18.7 Å². The van der Waals surface area contributed by atoms with E-state index in [2.05, 4.69) is 30.4 Å². The van der Waals surface area contributed by atoms with Crippen molar-refractivity contribution in [3.8, 4) is 5.75 Å². The zero-order valence-electron chi connectivity index (χ0n) is 13.9. The number of thiophene rings is 1. The first-order chi connectivity index (χ1) is 11.0. The van der Waals surface area contributed by atoms with Crippen LogP contribution in [-0.2, 0) is 4.79 Å². The molecular weight excluding hydrogens is 308 g/mol. The van der Waals surface area contributed by atoms with E-state index in [1.807, 2.05) is 37.4 Å². The zero-order chi connectivity index (χ0) is 16.8. The van der Waals surface area contributed by atoms with Crippen molar-refractivity contribution in [3.05, 3.63) is 51.2 Å². The fourth-order valence-corrected chi connectivity index (χ4v) is 2.89. The molecule has 1 N–H and O–H groups in total. The number of ether oxygens (including phenoxy) is 1. The first kappa shape index (κ1) is 17.2. The number of carbonyl (C=O) groups is 1. The van der Waals surface area contributed by atoms with Crippen molar-refractivity contribution >= 4 is 23.5 Å². The van der Waals surface area contributed by atoms with Gasteiger partial charge < -0.3 is 4.74 Å². The molecule has 122 valence electrons. The van der Waals surface area contributed by atoms with Crippen LogP contribution in [0.4, 0.5) is 0 Å². The molecule has 4 nitrogen and oxygen atoms in total. The summed E-state index contributed by atoms with van der Waals surface area (Å²) in [5.41, 5.74) is 5.84. The first-order valence-corrected chi connectivity index (χ1v) is 8.44. The van der Waals surface area contributed by atoms with Gasteiger partial charge in [0.25, 0.3) is 5.91 Å². The second-order valence-corrected chi connectivity index (χ2v) is 6.69. The molecule has 0 fully saturated rings. The number of benzene rings is 1. The number of hydrazone groups is 1. The quantitative estimate of drug-likeness (QED) is 0.642. The van der Waals surface area contributed by atoms with Gasteiger partial charge in [-0.1, -0.05) is 26.0 Å². The highest BCUT2D eigenvalue weighted by atomic mass is 32.1. The van der Waals surface area contributed by atoms with E-state index in [1.165, 1.54) is 0 Å². The number of hydrogen-bond acceptors (Lipinski definition) is 4. The van der Waals surface area contributed by atoms with E-state index in [9.17, 15) is 4.79 Å². The Labute approximate surface area is 141 Å². The smallest absolute Gasteiger partial charge is 0.277 e. The Morgan fingerprint density at radius 1 is 1.35 bits per heavy atom. The van der Waals surface area contributed by atoms with Crippen LogP contribution in [0.3, 0.4) is 0 Å². The number of amides is 1. The molecule has 0 spiro atoms. The minimum absolute atomic E-state index is 0.0517. The van der Waals surface area contributed by atoms with Gasteiger partial charge in [0, 0.05) is 4.88 Å². The van der Waals surface area contributed by atoms with Gasteiger partial charge in [0.2, 0.25) is 0 Å². The molecule has 0 aliphatic heterocycles. The number of hydrogen-bond donors (Lipinski definition) is 1. The van der Waals surface area contributed by atoms with Crippen LogP contribution in [0.15, 0.2) is 34.7 Å². The van der Waals surface area contributed by atoms with Crippen molar-refractivity contribution in [3.63, 3.8) is 0 Å². The molecule has 23 heavy (non-hydrogen) atoms. The lowest BCUT2D eigenvalue weighted by Gasteiger charge is -2.14. The molecule has 0 aliphatic carbocycles. The Hall–Kier alpha value is -2.14. The standard InChI is InChI=1S/C18H22N2O2S/c1-12(2)15-6-5-13(3)9-16(15)22-11-18(21)20-19-10-17-14(4)7-8-23-17/h5-10,12H,11H2,1-4H3,(H,20,21)/b19-10-. The monoisotopic (exact) mass is 330 g/mol. The van der Waals surface area contributed by atoms with Gasteiger partial charge >= 0.3 is 0 Å². The lowest BCUT2D eigenvalue weighted by Crippen LogP contribution is -2.25. The van der Waals surface area contributed by atoms with Gasteiger partial charge in [-0.2, -0.15) is 5.10 Å². The summed E-state index contributed by atoms with van der Waals surface area (Å²) in [7, 11) is 0. The van der Waals surface area contributed by atoms with Gasteiger partial charge in [-0.3, -0.25) is 4.79 Å². The molecular formula is C18H22N2O2S. The topological polar surface area (TPSA) is 50.7 Å². The molecule has 1 aromatic carbocycles. The fourth-order valence-electron chi connectivity index (χ4n) is 2.10. The second kappa shape index (κ2) is 7.92. The maximum absolute atomic E-state index is 11.8. The maximum Gasteiger partial charge on any atom is 0.277 e. The lowest BCUT2D eigenvalue weighted by atomic mass is 10.0. The van der Waals surface area contributed by atoms with Crippen LogP contribution >= 0.6 is 11.3 Å². The highest BCUT2D eigenvalue weighted by molar-refractivity contribution is 7.11. The molecule has 1 heterocycles. The van der Waals surface area contributed by atoms with Crippen LogP contribution in [0, 0.1) is 13.8 Å². The van der Waals surface area contributed by atoms with Gasteiger partial charge in [-0.15, -0.1) is 11.3 Å². The van der Waals surface area contributed by atoms with Crippen molar-refractivity contribution in [2.24, 2.45) is 5.10 Å². The average Bonchev–Trinajstić information content (AvgIpc) is 2.90. The molecule has 0 saturated carbocycles. The SMILES string of the molecule is Cc1ccc(C(C)C)c(OCC(=O)N/N=C\c2sccc2C)c1. The van der Waals surface area contributed by atoms with E-state index >= 15 is 0 Å². The van der Waals surface area contributed by atoms with E-state index in [0.29, 0.717) is 5.92 Å². The van der Waals surface area contributed by atoms with Gasteiger partial charge in [-0.05, 0) is 54.0 Å². The summed E-state index contributed by atoms with van der Waals surface area (Å²) in [4.78, 5) is 12.9. The van der Waals surface area contributed by atoms with E-state index in [-0.39, 0.29) is 12.5 Å². The molecule has 1 aromatic heterocycles. The summed E-state index contributed by atoms with van der Waals surface area (Å²) in [6, 6.07) is 8.07. The Morgan fingerprint density at radius 2 is 2.13 bits per heavy atom. The summed E-state index contributed by atoms with van der Waals surface area (Å²) in [5, 5.41) is 5.96. The van der Waals surface area contributed by atoms with Crippen molar-refractivity contribution in [1.29, 1.82) is 0 Å². The number of nitrogens with zero attached hydrogens (tertiary/aromatic N) is 1. The highest BCUT2D eigenvalue weighted by Crippen LogP contribution is 2.27. The number of nitrogens with one attached hydrogen (secondary N) is 1. The normalized spacial score (nSPS) is 11.2. The largest absolute Gasteiger partial charge is 0.483 e. The van der Waals surface area contributed by atoms with Gasteiger partial charge in [0.05, 0.1) is 6.21 Å². The third-order valence-corrected chi connectivity index (χ3v) is 4.38. The highest BCUT2D eigenvalue weighted by Gasteiger charge is 2.10. The first-order valence-electron chi connectivity index (χ1n) is 7.56. The summed E-state index contributed by atoms with van der Waals surface area (Å²) in [5.74, 6) is 0.827.